The Kier molecular flexibility index (Phi) is 9.72. The van der Waals surface area contributed by atoms with Crippen LogP contribution in [0.25, 0.3) is 0 Å². The molecular formula is C18H28N2O5S. The van der Waals surface area contributed by atoms with E-state index in [0.29, 0.717) is 30.6 Å². The maximum Gasteiger partial charge on any atom is 0.305 e. The Balaban J connectivity index is 2.37. The third-order valence-electron chi connectivity index (χ3n) is 3.69. The van der Waals surface area contributed by atoms with Gasteiger partial charge in [-0.1, -0.05) is 25.8 Å². The summed E-state index contributed by atoms with van der Waals surface area (Å²) in [6.45, 7) is 2.32. The fourth-order valence-corrected chi connectivity index (χ4v) is 3.50. The van der Waals surface area contributed by atoms with Crippen LogP contribution in [0.1, 0.15) is 55.8 Å². The number of anilines is 1. The van der Waals surface area contributed by atoms with Crippen molar-refractivity contribution in [1.29, 1.82) is 0 Å². The number of carbonyl (C=O) groups excluding carboxylic acids is 2. The number of esters is 1. The number of nitrogens with one attached hydrogen (secondary N) is 2. The van der Waals surface area contributed by atoms with Gasteiger partial charge < -0.3 is 10.1 Å². The van der Waals surface area contributed by atoms with Gasteiger partial charge in [0.2, 0.25) is 10.0 Å². The van der Waals surface area contributed by atoms with E-state index in [1.54, 1.807) is 25.1 Å². The average molecular weight is 384 g/mol. The number of sulfonamides is 1. The minimum absolute atomic E-state index is 0.0411. The molecule has 0 aromatic heterocycles. The van der Waals surface area contributed by atoms with E-state index < -0.39 is 10.0 Å². The summed E-state index contributed by atoms with van der Waals surface area (Å²) in [5.74, 6) is -0.400. The van der Waals surface area contributed by atoms with Gasteiger partial charge in [0.25, 0.3) is 5.91 Å². The summed E-state index contributed by atoms with van der Waals surface area (Å²) in [5.41, 5.74) is 0.793. The molecule has 146 valence electrons. The van der Waals surface area contributed by atoms with Gasteiger partial charge >= 0.3 is 5.97 Å². The Bertz CT molecular complexity index is 689. The molecule has 0 bridgehead atoms. The minimum Gasteiger partial charge on any atom is -0.469 e. The van der Waals surface area contributed by atoms with Gasteiger partial charge in [-0.3, -0.25) is 14.3 Å². The number of rotatable bonds is 12. The highest BCUT2D eigenvalue weighted by Gasteiger charge is 2.11. The Morgan fingerprint density at radius 3 is 2.54 bits per heavy atom. The number of hydrogen-bond acceptors (Lipinski definition) is 5. The van der Waals surface area contributed by atoms with Crippen molar-refractivity contribution in [3.8, 4) is 0 Å². The quantitative estimate of drug-likeness (QED) is 0.426. The molecule has 8 heteroatoms. The minimum atomic E-state index is -3.38. The van der Waals surface area contributed by atoms with E-state index in [2.05, 4.69) is 14.8 Å². The van der Waals surface area contributed by atoms with Crippen LogP contribution in [0, 0.1) is 0 Å². The van der Waals surface area contributed by atoms with Crippen molar-refractivity contribution >= 4 is 27.6 Å². The van der Waals surface area contributed by atoms with Crippen LogP contribution < -0.4 is 10.0 Å². The van der Waals surface area contributed by atoms with Crippen molar-refractivity contribution in [3.05, 3.63) is 29.8 Å². The Hall–Kier alpha value is -2.09. The summed E-state index contributed by atoms with van der Waals surface area (Å²) in [6.07, 6.45) is 4.35. The second kappa shape index (κ2) is 11.5. The Morgan fingerprint density at radius 1 is 1.12 bits per heavy atom. The van der Waals surface area contributed by atoms with E-state index in [1.165, 1.54) is 13.2 Å². The molecule has 0 aliphatic heterocycles. The standard InChI is InChI=1S/C18H28N2O5S/c1-3-13-26(23,24)20-16-10-8-9-15(14-16)18(22)19-12-7-5-4-6-11-17(21)25-2/h8-10,14,20H,3-7,11-13H2,1-2H3,(H,19,22). The molecule has 0 fully saturated rings. The van der Waals surface area contributed by atoms with Crippen LogP contribution >= 0.6 is 0 Å². The molecule has 0 aliphatic rings. The molecule has 2 N–H and O–H groups in total. The lowest BCUT2D eigenvalue weighted by Crippen LogP contribution is -2.24. The fraction of sp³-hybridized carbons (Fsp3) is 0.556. The topological polar surface area (TPSA) is 102 Å². The highest BCUT2D eigenvalue weighted by atomic mass is 32.2. The van der Waals surface area contributed by atoms with Gasteiger partial charge in [0.1, 0.15) is 0 Å². The second-order valence-electron chi connectivity index (χ2n) is 6.00. The molecule has 1 aromatic carbocycles. The van der Waals surface area contributed by atoms with Crippen molar-refractivity contribution in [2.75, 3.05) is 24.1 Å². The molecule has 26 heavy (non-hydrogen) atoms. The first kappa shape index (κ1) is 22.0. The van der Waals surface area contributed by atoms with Gasteiger partial charge in [-0.05, 0) is 37.5 Å². The number of hydrogen-bond donors (Lipinski definition) is 2. The summed E-state index contributed by atoms with van der Waals surface area (Å²) < 4.78 is 30.6. The summed E-state index contributed by atoms with van der Waals surface area (Å²) in [4.78, 5) is 23.1. The maximum atomic E-state index is 12.2. The molecular weight excluding hydrogens is 356 g/mol. The van der Waals surface area contributed by atoms with Crippen LogP contribution in [0.3, 0.4) is 0 Å². The number of unbranched alkanes of at least 4 members (excludes halogenated alkanes) is 3. The molecule has 0 saturated carbocycles. The number of ether oxygens (including phenoxy) is 1. The molecule has 1 rings (SSSR count). The highest BCUT2D eigenvalue weighted by Crippen LogP contribution is 2.13. The fourth-order valence-electron chi connectivity index (χ4n) is 2.38. The molecule has 0 aliphatic carbocycles. The van der Waals surface area contributed by atoms with Gasteiger partial charge in [-0.25, -0.2) is 8.42 Å². The first-order valence-electron chi connectivity index (χ1n) is 8.83. The zero-order valence-corrected chi connectivity index (χ0v) is 16.2. The van der Waals surface area contributed by atoms with Crippen molar-refractivity contribution in [3.63, 3.8) is 0 Å². The molecule has 1 amide bonds. The van der Waals surface area contributed by atoms with Crippen LogP contribution in [0.4, 0.5) is 5.69 Å². The van der Waals surface area contributed by atoms with Gasteiger partial charge in [0.05, 0.1) is 12.9 Å². The summed E-state index contributed by atoms with van der Waals surface area (Å²) in [7, 11) is -2.00. The molecule has 0 saturated heterocycles. The zero-order valence-electron chi connectivity index (χ0n) is 15.4. The van der Waals surface area contributed by atoms with Gasteiger partial charge in [0, 0.05) is 24.2 Å². The molecule has 0 unspecified atom stereocenters. The monoisotopic (exact) mass is 384 g/mol. The van der Waals surface area contributed by atoms with Crippen molar-refractivity contribution in [1.82, 2.24) is 5.32 Å². The number of methoxy groups -OCH3 is 1. The summed E-state index contributed by atoms with van der Waals surface area (Å²) >= 11 is 0. The van der Waals surface area contributed by atoms with Crippen LogP contribution in [0.15, 0.2) is 24.3 Å². The molecule has 0 spiro atoms. The van der Waals surface area contributed by atoms with Gasteiger partial charge in [-0.15, -0.1) is 0 Å². The van der Waals surface area contributed by atoms with E-state index in [9.17, 15) is 18.0 Å². The average Bonchev–Trinajstić information content (AvgIpc) is 2.60. The third kappa shape index (κ3) is 8.84. The predicted octanol–water partition coefficient (Wildman–Crippen LogP) is 2.69. The molecule has 1 aromatic rings. The molecule has 0 atom stereocenters. The lowest BCUT2D eigenvalue weighted by atomic mass is 10.1. The van der Waals surface area contributed by atoms with Crippen molar-refractivity contribution < 1.29 is 22.7 Å². The molecule has 0 radical (unpaired) electrons. The van der Waals surface area contributed by atoms with Crippen molar-refractivity contribution in [2.24, 2.45) is 0 Å². The highest BCUT2D eigenvalue weighted by molar-refractivity contribution is 7.92. The van der Waals surface area contributed by atoms with Crippen LogP contribution in [0.5, 0.6) is 0 Å². The van der Waals surface area contributed by atoms with Crippen molar-refractivity contribution in [2.45, 2.75) is 45.4 Å². The number of carbonyl (C=O) groups is 2. The molecule has 7 nitrogen and oxygen atoms in total. The third-order valence-corrected chi connectivity index (χ3v) is 5.18. The van der Waals surface area contributed by atoms with Crippen LogP contribution in [-0.2, 0) is 19.6 Å². The lowest BCUT2D eigenvalue weighted by Gasteiger charge is -2.09. The first-order valence-corrected chi connectivity index (χ1v) is 10.5. The zero-order chi connectivity index (χ0) is 19.4. The lowest BCUT2D eigenvalue weighted by molar-refractivity contribution is -0.140. The second-order valence-corrected chi connectivity index (χ2v) is 7.84. The van der Waals surface area contributed by atoms with E-state index in [1.807, 2.05) is 0 Å². The number of benzene rings is 1. The smallest absolute Gasteiger partial charge is 0.305 e. The van der Waals surface area contributed by atoms with Gasteiger partial charge in [-0.2, -0.15) is 0 Å². The maximum absolute atomic E-state index is 12.2. The van der Waals surface area contributed by atoms with Crippen LogP contribution in [-0.4, -0.2) is 39.7 Å². The Morgan fingerprint density at radius 2 is 1.85 bits per heavy atom. The first-order chi connectivity index (χ1) is 12.4. The number of amides is 1. The van der Waals surface area contributed by atoms with E-state index >= 15 is 0 Å². The summed E-state index contributed by atoms with van der Waals surface area (Å²) in [6, 6.07) is 6.43. The normalized spacial score (nSPS) is 11.0. The van der Waals surface area contributed by atoms with E-state index in [4.69, 9.17) is 0 Å². The SMILES string of the molecule is CCCS(=O)(=O)Nc1cccc(C(=O)NCCCCCCC(=O)OC)c1. The largest absolute Gasteiger partial charge is 0.469 e. The van der Waals surface area contributed by atoms with Gasteiger partial charge in [0.15, 0.2) is 0 Å². The Labute approximate surface area is 155 Å². The molecule has 0 heterocycles. The van der Waals surface area contributed by atoms with E-state index in [0.717, 1.165) is 25.7 Å². The predicted molar refractivity (Wildman–Crippen MR) is 102 cm³/mol. The summed E-state index contributed by atoms with van der Waals surface area (Å²) in [5, 5.41) is 2.82. The van der Waals surface area contributed by atoms with Crippen LogP contribution in [0.2, 0.25) is 0 Å². The van der Waals surface area contributed by atoms with E-state index in [-0.39, 0.29) is 17.6 Å².